The predicted octanol–water partition coefficient (Wildman–Crippen LogP) is 7.93. The molecule has 310 valence electrons. The van der Waals surface area contributed by atoms with Crippen molar-refractivity contribution in [2.45, 2.75) is 39.0 Å². The molecule has 2 amide bonds. The molecule has 0 unspecified atom stereocenters. The number of nitrogens with two attached hydrogens (primary N) is 1. The summed E-state index contributed by atoms with van der Waals surface area (Å²) in [5.41, 5.74) is 5.43. The van der Waals surface area contributed by atoms with Crippen molar-refractivity contribution in [3.05, 3.63) is 129 Å². The van der Waals surface area contributed by atoms with E-state index in [2.05, 4.69) is 5.32 Å². The van der Waals surface area contributed by atoms with Gasteiger partial charge in [0.25, 0.3) is 11.8 Å². The molecule has 59 heavy (non-hydrogen) atoms. The van der Waals surface area contributed by atoms with Gasteiger partial charge in [0.05, 0.1) is 49.2 Å². The zero-order valence-corrected chi connectivity index (χ0v) is 31.8. The van der Waals surface area contributed by atoms with Gasteiger partial charge in [0, 0.05) is 52.5 Å². The molecule has 2 aromatic heterocycles. The largest absolute Gasteiger partial charge is 0.494 e. The fraction of sp³-hybridized carbons (Fsp3) is 0.220. The highest BCUT2D eigenvalue weighted by Crippen LogP contribution is 2.35. The van der Waals surface area contributed by atoms with Gasteiger partial charge in [-0.3, -0.25) is 28.3 Å². The molecular weight excluding hydrogens is 796 g/mol. The minimum Gasteiger partial charge on any atom is -0.494 e. The van der Waals surface area contributed by atoms with Crippen molar-refractivity contribution in [1.29, 1.82) is 0 Å². The molecule has 0 spiro atoms. The van der Waals surface area contributed by atoms with E-state index in [9.17, 15) is 54.3 Å². The van der Waals surface area contributed by atoms with Gasteiger partial charge in [-0.2, -0.15) is 26.3 Å². The van der Waals surface area contributed by atoms with Crippen LogP contribution in [0.3, 0.4) is 0 Å². The van der Waals surface area contributed by atoms with Gasteiger partial charge in [-0.25, -0.2) is 8.78 Å². The highest BCUT2D eigenvalue weighted by Gasteiger charge is 2.32. The number of primary amides is 1. The number of alkyl halides is 6. The number of carbonyl (C=O) groups excluding carboxylic acids is 4. The molecule has 3 N–H and O–H groups in total. The molecular formula is C41H34F8N4O6. The quantitative estimate of drug-likeness (QED) is 0.150. The van der Waals surface area contributed by atoms with E-state index in [1.54, 1.807) is 13.8 Å². The number of fused-ring (bicyclic) bond motifs is 2. The lowest BCUT2D eigenvalue weighted by Crippen LogP contribution is -2.20. The van der Waals surface area contributed by atoms with E-state index in [4.69, 9.17) is 15.2 Å². The highest BCUT2D eigenvalue weighted by atomic mass is 19.4. The van der Waals surface area contributed by atoms with Crippen LogP contribution >= 0.6 is 0 Å². The van der Waals surface area contributed by atoms with E-state index in [0.717, 1.165) is 65.2 Å². The van der Waals surface area contributed by atoms with Crippen LogP contribution in [0.25, 0.3) is 21.8 Å². The molecule has 6 rings (SSSR count). The first-order chi connectivity index (χ1) is 27.6. The maximum atomic E-state index is 14.4. The number of benzene rings is 4. The van der Waals surface area contributed by atoms with Gasteiger partial charge in [-0.15, -0.1) is 0 Å². The van der Waals surface area contributed by atoms with E-state index in [1.165, 1.54) is 38.0 Å². The molecule has 0 aliphatic heterocycles. The van der Waals surface area contributed by atoms with Gasteiger partial charge in [0.2, 0.25) is 11.8 Å². The first kappa shape index (κ1) is 43.4. The van der Waals surface area contributed by atoms with Crippen LogP contribution in [0.4, 0.5) is 35.1 Å². The fourth-order valence-corrected chi connectivity index (χ4v) is 6.53. The number of hydrogen-bond acceptors (Lipinski definition) is 6. The predicted molar refractivity (Wildman–Crippen MR) is 199 cm³/mol. The number of nitrogens with one attached hydrogen (secondary N) is 1. The Hall–Kier alpha value is -6.72. The number of hydrogen-bond donors (Lipinski definition) is 2. The molecule has 18 heteroatoms. The number of carbonyl (C=O) groups is 4. The van der Waals surface area contributed by atoms with Crippen molar-refractivity contribution in [1.82, 2.24) is 14.5 Å². The third kappa shape index (κ3) is 8.75. The summed E-state index contributed by atoms with van der Waals surface area (Å²) in [6, 6.07) is 12.4. The lowest BCUT2D eigenvalue weighted by atomic mass is 10.1. The third-order valence-electron chi connectivity index (χ3n) is 9.51. The molecule has 0 radical (unpaired) electrons. The number of nitrogens with zero attached hydrogens (tertiary/aromatic N) is 2. The van der Waals surface area contributed by atoms with E-state index in [0.29, 0.717) is 33.3 Å². The Bertz CT molecular complexity index is 2610. The van der Waals surface area contributed by atoms with Crippen molar-refractivity contribution in [3.8, 4) is 11.5 Å². The Morgan fingerprint density at radius 1 is 0.627 bits per heavy atom. The second-order valence-corrected chi connectivity index (χ2v) is 13.1. The molecule has 0 bridgehead atoms. The van der Waals surface area contributed by atoms with Crippen molar-refractivity contribution in [3.63, 3.8) is 0 Å². The Kier molecular flexibility index (Phi) is 12.2. The van der Waals surface area contributed by atoms with Crippen LogP contribution in [0.15, 0.2) is 72.8 Å². The van der Waals surface area contributed by atoms with E-state index in [1.807, 2.05) is 0 Å². The lowest BCUT2D eigenvalue weighted by Gasteiger charge is -2.10. The molecule has 0 saturated carbocycles. The van der Waals surface area contributed by atoms with Crippen molar-refractivity contribution in [2.75, 3.05) is 21.3 Å². The zero-order chi connectivity index (χ0) is 43.7. The number of amides is 2. The summed E-state index contributed by atoms with van der Waals surface area (Å²) in [7, 11) is 4.03. The fourth-order valence-electron chi connectivity index (χ4n) is 6.53. The Morgan fingerprint density at radius 3 is 1.29 bits per heavy atom. The van der Waals surface area contributed by atoms with Gasteiger partial charge in [-0.05, 0) is 85.6 Å². The normalized spacial score (nSPS) is 11.6. The number of aromatic nitrogens is 2. The second-order valence-electron chi connectivity index (χ2n) is 13.1. The van der Waals surface area contributed by atoms with Crippen molar-refractivity contribution >= 4 is 45.4 Å². The van der Waals surface area contributed by atoms with E-state index >= 15 is 0 Å². The molecule has 4 aromatic carbocycles. The average molecular weight is 831 g/mol. The molecule has 6 aromatic rings. The second kappa shape index (κ2) is 16.6. The molecule has 0 saturated heterocycles. The summed E-state index contributed by atoms with van der Waals surface area (Å²) in [5.74, 6) is -3.86. The Morgan fingerprint density at radius 2 is 0.983 bits per heavy atom. The highest BCUT2D eigenvalue weighted by molar-refractivity contribution is 6.06. The smallest absolute Gasteiger partial charge is 0.416 e. The minimum atomic E-state index is -4.54. The van der Waals surface area contributed by atoms with Crippen LogP contribution in [0, 0.1) is 25.5 Å². The first-order valence-electron chi connectivity index (χ1n) is 17.3. The van der Waals surface area contributed by atoms with Crippen LogP contribution in [-0.2, 0) is 34.8 Å². The van der Waals surface area contributed by atoms with Gasteiger partial charge < -0.3 is 20.5 Å². The molecule has 0 aliphatic carbocycles. The molecule has 10 nitrogen and oxygen atoms in total. The molecule has 0 atom stereocenters. The maximum Gasteiger partial charge on any atom is 0.416 e. The zero-order valence-electron chi connectivity index (χ0n) is 31.8. The van der Waals surface area contributed by atoms with Crippen LogP contribution < -0.4 is 20.5 Å². The summed E-state index contributed by atoms with van der Waals surface area (Å²) in [6.07, 6.45) is -9.34. The van der Waals surface area contributed by atoms with Gasteiger partial charge in [0.1, 0.15) is 0 Å². The summed E-state index contributed by atoms with van der Waals surface area (Å²) in [6.45, 7) is 3.13. The number of rotatable bonds is 8. The number of ether oxygens (including phenoxy) is 2. The standard InChI is InChI=1S/C21H18F4N2O3.C20H16F4N2O3/c1-11-14(9-19(28)26-2)15-8-18(30-3)16(22)10-17(15)27(11)20(29)12-4-6-13(7-5-12)21(23,24)25;1-10-13(8-18(25)27)14-7-17(29-2)15(21)9-16(14)26(10)19(28)11-3-5-12(6-4-11)20(22,23)24/h4-8,10H,9H2,1-3H3,(H,26,28);3-7,9H,8H2,1-2H3,(H2,25,27). The van der Waals surface area contributed by atoms with Gasteiger partial charge in [-0.1, -0.05) is 0 Å². The summed E-state index contributed by atoms with van der Waals surface area (Å²) in [4.78, 5) is 49.6. The average Bonchev–Trinajstić information content (AvgIpc) is 3.59. The third-order valence-corrected chi connectivity index (χ3v) is 9.51. The Balaban J connectivity index is 0.000000224. The van der Waals surface area contributed by atoms with Crippen molar-refractivity contribution in [2.24, 2.45) is 5.73 Å². The van der Waals surface area contributed by atoms with Crippen molar-refractivity contribution < 1.29 is 63.8 Å². The molecule has 0 fully saturated rings. The maximum absolute atomic E-state index is 14.4. The number of halogens is 8. The van der Waals surface area contributed by atoms with Crippen LogP contribution in [0.1, 0.15) is 54.4 Å². The SMILES string of the molecule is CNC(=O)Cc1c(C)n(C(=O)c2ccc(C(F)(F)F)cc2)c2cc(F)c(OC)cc12.COc1cc2c(CC(N)=O)c(C)n(C(=O)c3ccc(C(F)(F)F)cc3)c2cc1F. The van der Waals surface area contributed by atoms with Gasteiger partial charge >= 0.3 is 12.4 Å². The minimum absolute atomic E-state index is 0.00859. The first-order valence-corrected chi connectivity index (χ1v) is 17.3. The summed E-state index contributed by atoms with van der Waals surface area (Å²) >= 11 is 0. The topological polar surface area (TPSA) is 135 Å². The summed E-state index contributed by atoms with van der Waals surface area (Å²) < 4.78 is 118. The lowest BCUT2D eigenvalue weighted by molar-refractivity contribution is -0.138. The van der Waals surface area contributed by atoms with E-state index < -0.39 is 52.8 Å². The number of likely N-dealkylation sites (N-methyl/N-ethyl adjacent to an activating group) is 1. The summed E-state index contributed by atoms with van der Waals surface area (Å²) in [5, 5.41) is 3.32. The van der Waals surface area contributed by atoms with E-state index in [-0.39, 0.29) is 52.4 Å². The van der Waals surface area contributed by atoms with Crippen LogP contribution in [0.5, 0.6) is 11.5 Å². The van der Waals surface area contributed by atoms with Gasteiger partial charge in [0.15, 0.2) is 23.1 Å². The monoisotopic (exact) mass is 830 g/mol. The molecule has 0 aliphatic rings. The van der Waals surface area contributed by atoms with Crippen LogP contribution in [-0.4, -0.2) is 54.0 Å². The van der Waals surface area contributed by atoms with Crippen LogP contribution in [0.2, 0.25) is 0 Å². The number of methoxy groups -OCH3 is 2. The molecule has 2 heterocycles. The Labute approximate surface area is 330 Å².